The molecule has 4 N–H and O–H groups in total. The fourth-order valence-corrected chi connectivity index (χ4v) is 3.48. The molecule has 0 spiro atoms. The van der Waals surface area contributed by atoms with Gasteiger partial charge in [0.15, 0.2) is 0 Å². The van der Waals surface area contributed by atoms with E-state index in [1.807, 2.05) is 0 Å². The van der Waals surface area contributed by atoms with Gasteiger partial charge >= 0.3 is 5.69 Å². The first-order valence-electron chi connectivity index (χ1n) is 6.85. The largest absolute Gasteiger partial charge is 0.390 e. The zero-order valence-corrected chi connectivity index (χ0v) is 11.4. The Morgan fingerprint density at radius 2 is 2.05 bits per heavy atom. The van der Waals surface area contributed by atoms with Crippen molar-refractivity contribution >= 4 is 11.6 Å². The predicted molar refractivity (Wildman–Crippen MR) is 72.7 cm³/mol. The van der Waals surface area contributed by atoms with E-state index in [0.29, 0.717) is 12.8 Å². The number of nitrogens with one attached hydrogen (secondary N) is 2. The quantitative estimate of drug-likeness (QED) is 0.522. The number of fused-ring (bicyclic) bond motifs is 2. The van der Waals surface area contributed by atoms with E-state index in [4.69, 9.17) is 0 Å². The van der Waals surface area contributed by atoms with Gasteiger partial charge in [-0.2, -0.15) is 0 Å². The van der Waals surface area contributed by atoms with Crippen LogP contribution in [0, 0.1) is 17.8 Å². The molecule has 5 atom stereocenters. The van der Waals surface area contributed by atoms with Gasteiger partial charge in [-0.15, -0.1) is 0 Å². The molecule has 0 aromatic carbocycles. The van der Waals surface area contributed by atoms with Gasteiger partial charge in [0.25, 0.3) is 5.56 Å². The number of aromatic amines is 1. The van der Waals surface area contributed by atoms with E-state index in [9.17, 15) is 24.6 Å². The molecular weight excluding hydrogens is 278 g/mol. The maximum Gasteiger partial charge on any atom is 0.328 e. The summed E-state index contributed by atoms with van der Waals surface area (Å²) in [4.78, 5) is 37.3. The molecule has 1 amide bonds. The normalized spacial score (nSPS) is 34.1. The van der Waals surface area contributed by atoms with Crippen molar-refractivity contribution in [2.24, 2.45) is 24.8 Å². The van der Waals surface area contributed by atoms with Crippen LogP contribution in [0.5, 0.6) is 0 Å². The number of amides is 1. The van der Waals surface area contributed by atoms with E-state index in [-0.39, 0.29) is 23.4 Å². The standard InChI is InChI=1S/C13H17N3O5/c1-16-4-8(12(20)15-13(16)21)14-11(19)7-3-5-2-6(7)10(18)9(5)17/h4-7,9-10,17-18H,2-3H2,1H3,(H,14,19)(H,15,20,21). The average molecular weight is 295 g/mol. The number of hydrogen-bond donors (Lipinski definition) is 4. The molecule has 0 saturated heterocycles. The van der Waals surface area contributed by atoms with Gasteiger partial charge in [-0.1, -0.05) is 0 Å². The summed E-state index contributed by atoms with van der Waals surface area (Å²) in [7, 11) is 1.46. The lowest BCUT2D eigenvalue weighted by molar-refractivity contribution is -0.125. The van der Waals surface area contributed by atoms with Gasteiger partial charge in [0.2, 0.25) is 5.91 Å². The molecule has 5 unspecified atom stereocenters. The number of anilines is 1. The lowest BCUT2D eigenvalue weighted by atomic mass is 9.84. The SMILES string of the molecule is Cn1cc(NC(=O)C2CC3CC2C(O)C3O)c(=O)[nH]c1=O. The predicted octanol–water partition coefficient (Wildman–Crippen LogP) is -1.61. The molecule has 8 heteroatoms. The van der Waals surface area contributed by atoms with E-state index in [1.54, 1.807) is 0 Å². The van der Waals surface area contributed by atoms with Crippen LogP contribution in [-0.4, -0.2) is 37.9 Å². The highest BCUT2D eigenvalue weighted by Crippen LogP contribution is 2.48. The van der Waals surface area contributed by atoms with Crippen molar-refractivity contribution in [3.63, 3.8) is 0 Å². The molecule has 2 bridgehead atoms. The molecule has 114 valence electrons. The monoisotopic (exact) mass is 295 g/mol. The highest BCUT2D eigenvalue weighted by molar-refractivity contribution is 5.92. The molecule has 2 aliphatic rings. The van der Waals surface area contributed by atoms with Gasteiger partial charge in [-0.05, 0) is 24.7 Å². The van der Waals surface area contributed by atoms with Crippen LogP contribution in [0.3, 0.4) is 0 Å². The van der Waals surface area contributed by atoms with E-state index in [2.05, 4.69) is 10.3 Å². The van der Waals surface area contributed by atoms with Crippen molar-refractivity contribution < 1.29 is 15.0 Å². The van der Waals surface area contributed by atoms with Crippen molar-refractivity contribution in [1.29, 1.82) is 0 Å². The second-order valence-corrected chi connectivity index (χ2v) is 5.89. The molecular formula is C13H17N3O5. The second-order valence-electron chi connectivity index (χ2n) is 5.89. The van der Waals surface area contributed by atoms with Crippen LogP contribution in [0.2, 0.25) is 0 Å². The summed E-state index contributed by atoms with van der Waals surface area (Å²) in [5.74, 6) is -1.14. The number of aliphatic hydroxyl groups is 2. The van der Waals surface area contributed by atoms with Crippen molar-refractivity contribution in [3.05, 3.63) is 27.0 Å². The molecule has 1 heterocycles. The summed E-state index contributed by atoms with van der Waals surface area (Å²) < 4.78 is 1.16. The van der Waals surface area contributed by atoms with Crippen molar-refractivity contribution in [2.45, 2.75) is 25.0 Å². The highest BCUT2D eigenvalue weighted by atomic mass is 16.3. The summed E-state index contributed by atoms with van der Waals surface area (Å²) in [5.41, 5.74) is -1.22. The molecule has 2 saturated carbocycles. The van der Waals surface area contributed by atoms with Gasteiger partial charge in [0, 0.05) is 19.2 Å². The Kier molecular flexibility index (Phi) is 3.22. The fourth-order valence-electron chi connectivity index (χ4n) is 3.48. The zero-order valence-electron chi connectivity index (χ0n) is 11.4. The Bertz CT molecular complexity index is 692. The Labute approximate surface area is 119 Å². The number of aryl methyl sites for hydroxylation is 1. The van der Waals surface area contributed by atoms with Crippen LogP contribution in [0.1, 0.15) is 12.8 Å². The van der Waals surface area contributed by atoms with Crippen LogP contribution >= 0.6 is 0 Å². The summed E-state index contributed by atoms with van der Waals surface area (Å²) in [6, 6.07) is 0. The number of nitrogens with zero attached hydrogens (tertiary/aromatic N) is 1. The zero-order chi connectivity index (χ0) is 15.3. The topological polar surface area (TPSA) is 124 Å². The Hall–Kier alpha value is -1.93. The average Bonchev–Trinajstić information content (AvgIpc) is 2.97. The minimum Gasteiger partial charge on any atom is -0.390 e. The summed E-state index contributed by atoms with van der Waals surface area (Å²) in [6.45, 7) is 0. The first-order chi connectivity index (χ1) is 9.88. The first kappa shape index (κ1) is 14.0. The van der Waals surface area contributed by atoms with E-state index >= 15 is 0 Å². The fraction of sp³-hybridized carbons (Fsp3) is 0.615. The van der Waals surface area contributed by atoms with E-state index in [1.165, 1.54) is 13.2 Å². The van der Waals surface area contributed by atoms with Gasteiger partial charge in [-0.25, -0.2) is 4.79 Å². The van der Waals surface area contributed by atoms with Gasteiger partial charge < -0.3 is 20.1 Å². The Morgan fingerprint density at radius 1 is 1.33 bits per heavy atom. The third-order valence-corrected chi connectivity index (χ3v) is 4.62. The molecule has 3 rings (SSSR count). The molecule has 1 aromatic rings. The van der Waals surface area contributed by atoms with Crippen LogP contribution in [0.25, 0.3) is 0 Å². The minimum atomic E-state index is -0.891. The number of rotatable bonds is 2. The minimum absolute atomic E-state index is 0.0000817. The summed E-state index contributed by atoms with van der Waals surface area (Å²) >= 11 is 0. The smallest absolute Gasteiger partial charge is 0.328 e. The number of H-pyrrole nitrogens is 1. The van der Waals surface area contributed by atoms with Crippen molar-refractivity contribution in [1.82, 2.24) is 9.55 Å². The number of aliphatic hydroxyl groups excluding tert-OH is 2. The highest BCUT2D eigenvalue weighted by Gasteiger charge is 2.53. The van der Waals surface area contributed by atoms with Crippen LogP contribution in [0.4, 0.5) is 5.69 Å². The number of carbonyl (C=O) groups excluding carboxylic acids is 1. The van der Waals surface area contributed by atoms with E-state index < -0.39 is 29.4 Å². The third-order valence-electron chi connectivity index (χ3n) is 4.62. The molecule has 2 fully saturated rings. The molecule has 0 aliphatic heterocycles. The molecule has 8 nitrogen and oxygen atoms in total. The number of aromatic nitrogens is 2. The first-order valence-corrected chi connectivity index (χ1v) is 6.85. The van der Waals surface area contributed by atoms with Gasteiger partial charge in [0.1, 0.15) is 5.69 Å². The number of hydrogen-bond acceptors (Lipinski definition) is 5. The molecule has 1 aromatic heterocycles. The van der Waals surface area contributed by atoms with Gasteiger partial charge in [0.05, 0.1) is 12.2 Å². The van der Waals surface area contributed by atoms with Crippen molar-refractivity contribution in [3.8, 4) is 0 Å². The lowest BCUT2D eigenvalue weighted by Crippen LogP contribution is -2.41. The lowest BCUT2D eigenvalue weighted by Gasteiger charge is -2.28. The molecule has 2 aliphatic carbocycles. The number of carbonyl (C=O) groups is 1. The summed E-state index contributed by atoms with van der Waals surface area (Å²) in [6.07, 6.45) is 0.720. The van der Waals surface area contributed by atoms with Crippen molar-refractivity contribution in [2.75, 3.05) is 5.32 Å². The second kappa shape index (κ2) is 4.81. The van der Waals surface area contributed by atoms with E-state index in [0.717, 1.165) is 4.57 Å². The Morgan fingerprint density at radius 3 is 2.67 bits per heavy atom. The van der Waals surface area contributed by atoms with Crippen LogP contribution in [0.15, 0.2) is 15.8 Å². The summed E-state index contributed by atoms with van der Waals surface area (Å²) in [5, 5.41) is 22.1. The third kappa shape index (κ3) is 2.20. The van der Waals surface area contributed by atoms with Crippen LogP contribution < -0.4 is 16.6 Å². The van der Waals surface area contributed by atoms with Gasteiger partial charge in [-0.3, -0.25) is 14.6 Å². The van der Waals surface area contributed by atoms with Crippen LogP contribution in [-0.2, 0) is 11.8 Å². The Balaban J connectivity index is 1.78. The maximum atomic E-state index is 12.3. The molecule has 21 heavy (non-hydrogen) atoms. The molecule has 0 radical (unpaired) electrons. The maximum absolute atomic E-state index is 12.3.